The first-order chi connectivity index (χ1) is 19.4. The third-order valence-electron chi connectivity index (χ3n) is 6.34. The lowest BCUT2D eigenvalue weighted by Crippen LogP contribution is -2.16. The summed E-state index contributed by atoms with van der Waals surface area (Å²) in [5.41, 5.74) is -0.355. The van der Waals surface area contributed by atoms with Gasteiger partial charge in [-0.1, -0.05) is 63.1 Å². The molecule has 0 saturated carbocycles. The Labute approximate surface area is 243 Å². The molecule has 1 aliphatic rings. The molecule has 0 bridgehead atoms. The molecule has 1 aliphatic carbocycles. The van der Waals surface area contributed by atoms with Crippen molar-refractivity contribution in [2.75, 3.05) is 13.2 Å². The molecule has 0 aromatic heterocycles. The topological polar surface area (TPSA) is 93.1 Å². The van der Waals surface area contributed by atoms with Gasteiger partial charge in [-0.25, -0.2) is 0 Å². The lowest BCUT2D eigenvalue weighted by Gasteiger charge is -2.19. The van der Waals surface area contributed by atoms with Gasteiger partial charge in [0.1, 0.15) is 23.0 Å². The molecule has 0 fully saturated rings. The summed E-state index contributed by atoms with van der Waals surface area (Å²) in [7, 11) is 0. The number of phenols is 2. The number of carbonyl (C=O) groups is 2. The third kappa shape index (κ3) is 7.43. The zero-order chi connectivity index (χ0) is 28.5. The van der Waals surface area contributed by atoms with Crippen LogP contribution in [0.4, 0.5) is 0 Å². The second-order valence-corrected chi connectivity index (χ2v) is 11.7. The number of phenolic OH excluding ortho intramolecular Hbond substituents is 2. The maximum atomic E-state index is 13.3. The summed E-state index contributed by atoms with van der Waals surface area (Å²) in [6.07, 6.45) is 7.70. The van der Waals surface area contributed by atoms with E-state index in [4.69, 9.17) is 9.47 Å². The van der Waals surface area contributed by atoms with Gasteiger partial charge in [-0.15, -0.1) is 0 Å². The van der Waals surface area contributed by atoms with E-state index < -0.39 is 11.6 Å². The van der Waals surface area contributed by atoms with Gasteiger partial charge in [0.2, 0.25) is 5.78 Å². The van der Waals surface area contributed by atoms with Crippen LogP contribution in [0.2, 0.25) is 0 Å². The molecule has 3 aromatic rings. The van der Waals surface area contributed by atoms with E-state index in [1.165, 1.54) is 23.9 Å². The number of thioether (sulfide) groups is 1. The number of aromatic hydroxyl groups is 2. The van der Waals surface area contributed by atoms with E-state index in [1.807, 2.05) is 48.5 Å². The Kier molecular flexibility index (Phi) is 10.6. The number of rotatable bonds is 14. The number of benzene rings is 3. The molecule has 40 heavy (non-hydrogen) atoms. The Hall–Kier alpha value is -3.36. The van der Waals surface area contributed by atoms with Crippen molar-refractivity contribution < 1.29 is 29.3 Å². The summed E-state index contributed by atoms with van der Waals surface area (Å²) in [5.74, 6) is -0.199. The van der Waals surface area contributed by atoms with Gasteiger partial charge in [-0.05, 0) is 67.4 Å². The molecule has 4 rings (SSSR count). The number of hydrogen-bond acceptors (Lipinski definition) is 8. The molecule has 0 amide bonds. The van der Waals surface area contributed by atoms with E-state index in [0.717, 1.165) is 71.6 Å². The average molecular weight is 579 g/mol. The summed E-state index contributed by atoms with van der Waals surface area (Å²) in [6.45, 7) is 5.59. The van der Waals surface area contributed by atoms with Crippen LogP contribution in [0.5, 0.6) is 23.0 Å². The van der Waals surface area contributed by atoms with Crippen LogP contribution in [0, 0.1) is 0 Å². The smallest absolute Gasteiger partial charge is 0.204 e. The highest BCUT2D eigenvalue weighted by Crippen LogP contribution is 2.46. The zero-order valence-corrected chi connectivity index (χ0v) is 24.4. The SMILES string of the molecule is CCCCCOc1ccc(SC2=CC(=O)c3c(O)c(Sc4ccc(OCCCCC)cc4)cc(O)c3C2=O)cc1. The number of carbonyl (C=O) groups excluding carboxylic acids is 2. The van der Waals surface area contributed by atoms with Crippen LogP contribution in [-0.4, -0.2) is 35.0 Å². The number of ketones is 2. The van der Waals surface area contributed by atoms with Gasteiger partial charge in [0.05, 0.1) is 34.1 Å². The Morgan fingerprint density at radius 3 is 1.75 bits per heavy atom. The standard InChI is InChI=1S/C32H34O6S2/c1-3-5-7-17-37-21-9-13-23(14-10-21)39-27-19-25(33)30-29(31(27)35)26(34)20-28(32(30)36)40-24-15-11-22(12-16-24)38-18-8-6-4-2/h9-16,19-20,33,35H,3-8,17-18H2,1-2H3. The fraction of sp³-hybridized carbons (Fsp3) is 0.312. The predicted octanol–water partition coefficient (Wildman–Crippen LogP) is 8.44. The summed E-state index contributed by atoms with van der Waals surface area (Å²) >= 11 is 2.33. The van der Waals surface area contributed by atoms with Gasteiger partial charge in [-0.3, -0.25) is 9.59 Å². The van der Waals surface area contributed by atoms with Crippen molar-refractivity contribution in [3.05, 3.63) is 76.7 Å². The monoisotopic (exact) mass is 578 g/mol. The van der Waals surface area contributed by atoms with Crippen LogP contribution in [0.1, 0.15) is 73.1 Å². The Morgan fingerprint density at radius 1 is 0.700 bits per heavy atom. The van der Waals surface area contributed by atoms with E-state index in [2.05, 4.69) is 13.8 Å². The van der Waals surface area contributed by atoms with Crippen LogP contribution in [0.15, 0.2) is 80.3 Å². The second-order valence-electron chi connectivity index (χ2n) is 9.45. The molecule has 0 unspecified atom stereocenters. The van der Waals surface area contributed by atoms with Crippen LogP contribution < -0.4 is 9.47 Å². The van der Waals surface area contributed by atoms with E-state index >= 15 is 0 Å². The summed E-state index contributed by atoms with van der Waals surface area (Å²) < 4.78 is 11.5. The normalized spacial score (nSPS) is 12.7. The first-order valence-corrected chi connectivity index (χ1v) is 15.3. The van der Waals surface area contributed by atoms with Gasteiger partial charge in [0, 0.05) is 15.9 Å². The van der Waals surface area contributed by atoms with Crippen LogP contribution >= 0.6 is 23.5 Å². The lowest BCUT2D eigenvalue weighted by atomic mass is 9.93. The van der Waals surface area contributed by atoms with Crippen molar-refractivity contribution in [1.82, 2.24) is 0 Å². The van der Waals surface area contributed by atoms with Crippen molar-refractivity contribution in [3.63, 3.8) is 0 Å². The Bertz CT molecular complexity index is 1360. The Morgan fingerprint density at radius 2 is 1.23 bits per heavy atom. The molecule has 0 radical (unpaired) electrons. The minimum Gasteiger partial charge on any atom is -0.507 e. The van der Waals surface area contributed by atoms with E-state index in [9.17, 15) is 19.8 Å². The fourth-order valence-electron chi connectivity index (χ4n) is 4.18. The third-order valence-corrected chi connectivity index (χ3v) is 8.41. The number of ether oxygens (including phenoxy) is 2. The molecule has 0 spiro atoms. The maximum Gasteiger partial charge on any atom is 0.204 e. The molecular weight excluding hydrogens is 544 g/mol. The van der Waals surface area contributed by atoms with Crippen molar-refractivity contribution >= 4 is 35.1 Å². The zero-order valence-electron chi connectivity index (χ0n) is 22.8. The van der Waals surface area contributed by atoms with E-state index in [1.54, 1.807) is 0 Å². The molecular formula is C32H34O6S2. The first kappa shape index (κ1) is 29.6. The van der Waals surface area contributed by atoms with E-state index in [-0.39, 0.29) is 32.4 Å². The largest absolute Gasteiger partial charge is 0.507 e. The van der Waals surface area contributed by atoms with Gasteiger partial charge in [-0.2, -0.15) is 0 Å². The maximum absolute atomic E-state index is 13.3. The van der Waals surface area contributed by atoms with Gasteiger partial charge >= 0.3 is 0 Å². The number of allylic oxidation sites excluding steroid dienone is 2. The molecule has 210 valence electrons. The highest BCUT2D eigenvalue weighted by atomic mass is 32.2. The number of fused-ring (bicyclic) bond motifs is 1. The fourth-order valence-corrected chi connectivity index (χ4v) is 5.97. The highest BCUT2D eigenvalue weighted by molar-refractivity contribution is 8.04. The van der Waals surface area contributed by atoms with Crippen LogP contribution in [0.25, 0.3) is 0 Å². The molecule has 6 nitrogen and oxygen atoms in total. The highest BCUT2D eigenvalue weighted by Gasteiger charge is 2.33. The van der Waals surface area contributed by atoms with Gasteiger partial charge in [0.15, 0.2) is 5.78 Å². The van der Waals surface area contributed by atoms with Gasteiger partial charge in [0.25, 0.3) is 0 Å². The second kappa shape index (κ2) is 14.3. The van der Waals surface area contributed by atoms with Crippen molar-refractivity contribution in [2.45, 2.75) is 67.1 Å². The van der Waals surface area contributed by atoms with Crippen LogP contribution in [-0.2, 0) is 0 Å². The Balaban J connectivity index is 1.45. The summed E-state index contributed by atoms with van der Waals surface area (Å²) in [5, 5.41) is 21.7. The minimum absolute atomic E-state index is 0.177. The van der Waals surface area contributed by atoms with E-state index in [0.29, 0.717) is 13.2 Å². The summed E-state index contributed by atoms with van der Waals surface area (Å²) in [6, 6.07) is 16.0. The number of hydrogen-bond donors (Lipinski definition) is 2. The van der Waals surface area contributed by atoms with Crippen LogP contribution in [0.3, 0.4) is 0 Å². The molecule has 8 heteroatoms. The van der Waals surface area contributed by atoms with Crippen molar-refractivity contribution in [3.8, 4) is 23.0 Å². The molecule has 0 aliphatic heterocycles. The minimum atomic E-state index is -0.529. The predicted molar refractivity (Wildman–Crippen MR) is 159 cm³/mol. The van der Waals surface area contributed by atoms with Crippen molar-refractivity contribution in [2.24, 2.45) is 0 Å². The lowest BCUT2D eigenvalue weighted by molar-refractivity contribution is 0.0986. The summed E-state index contributed by atoms with van der Waals surface area (Å²) in [4.78, 5) is 28.4. The van der Waals surface area contributed by atoms with Crippen molar-refractivity contribution in [1.29, 1.82) is 0 Å². The molecule has 0 saturated heterocycles. The average Bonchev–Trinajstić information content (AvgIpc) is 2.95. The quantitative estimate of drug-likeness (QED) is 0.145. The molecule has 3 aromatic carbocycles. The first-order valence-electron chi connectivity index (χ1n) is 13.6. The number of unbranched alkanes of at least 4 members (excludes halogenated alkanes) is 4. The number of Topliss-reactive ketones (excluding diaryl/α,β-unsaturated/α-hetero) is 1. The molecule has 0 atom stereocenters. The van der Waals surface area contributed by atoms with Gasteiger partial charge < -0.3 is 19.7 Å². The molecule has 2 N–H and O–H groups in total. The molecule has 0 heterocycles.